The minimum atomic E-state index is -0.138. The molecule has 9 rings (SSSR count). The predicted octanol–water partition coefficient (Wildman–Crippen LogP) is 12.7. The van der Waals surface area contributed by atoms with Gasteiger partial charge in [0, 0.05) is 22.9 Å². The molecule has 0 saturated carbocycles. The summed E-state index contributed by atoms with van der Waals surface area (Å²) in [5.41, 5.74) is 14.7. The molecule has 0 bridgehead atoms. The van der Waals surface area contributed by atoms with Crippen LogP contribution in [-0.4, -0.2) is 29.2 Å². The first-order chi connectivity index (χ1) is 27.4. The van der Waals surface area contributed by atoms with Crippen LogP contribution in [0.4, 0.5) is 0 Å². The van der Waals surface area contributed by atoms with E-state index in [2.05, 4.69) is 166 Å². The van der Waals surface area contributed by atoms with Crippen LogP contribution in [0.25, 0.3) is 78.3 Å². The van der Waals surface area contributed by atoms with E-state index in [9.17, 15) is 5.11 Å². The molecule has 0 aliphatic heterocycles. The smallest absolute Gasteiger partial charge is 0.302 e. The highest BCUT2D eigenvalue weighted by Gasteiger charge is 2.26. The van der Waals surface area contributed by atoms with Crippen molar-refractivity contribution in [3.63, 3.8) is 0 Å². The third-order valence-corrected chi connectivity index (χ3v) is 10.9. The van der Waals surface area contributed by atoms with E-state index in [1.54, 1.807) is 4.57 Å². The standard InChI is InChI=1S/C51H45N5O/c1-50(2,3)38-24-25-44(41(32-38)34-18-11-8-12-19-34)55-46-23-15-20-40(47(46)54-48(55)56-45-22-14-13-21-42(45)53-49(56)57)36-28-37(30-39(29-36)51(4,5)6)43-31-35(26-27-52-43)33-16-9-7-10-17-33/h7-32H,1-6H3,(H,53,57). The molecule has 280 valence electrons. The third kappa shape index (κ3) is 6.57. The Hall–Kier alpha value is -6.79. The lowest BCUT2D eigenvalue weighted by molar-refractivity contribution is 0.422. The highest BCUT2D eigenvalue weighted by atomic mass is 16.3. The molecule has 3 aromatic heterocycles. The summed E-state index contributed by atoms with van der Waals surface area (Å²) in [6.45, 7) is 13.5. The summed E-state index contributed by atoms with van der Waals surface area (Å²) in [6, 6.07) is 52.7. The van der Waals surface area contributed by atoms with Gasteiger partial charge in [-0.1, -0.05) is 139 Å². The van der Waals surface area contributed by atoms with Gasteiger partial charge in [-0.2, -0.15) is 4.98 Å². The van der Waals surface area contributed by atoms with Crippen molar-refractivity contribution in [2.45, 2.75) is 52.4 Å². The number of hydrogen-bond acceptors (Lipinski definition) is 4. The highest BCUT2D eigenvalue weighted by molar-refractivity contribution is 5.96. The zero-order chi connectivity index (χ0) is 39.5. The third-order valence-electron chi connectivity index (χ3n) is 10.9. The van der Waals surface area contributed by atoms with Gasteiger partial charge >= 0.3 is 6.01 Å². The van der Waals surface area contributed by atoms with Crippen LogP contribution in [0.1, 0.15) is 52.7 Å². The number of imidazole rings is 2. The second-order valence-corrected chi connectivity index (χ2v) is 16.8. The molecule has 6 nitrogen and oxygen atoms in total. The maximum atomic E-state index is 11.6. The normalized spacial score (nSPS) is 12.1. The number of nitrogens with zero attached hydrogens (tertiary/aromatic N) is 5. The molecule has 0 amide bonds. The summed E-state index contributed by atoms with van der Waals surface area (Å²) in [5, 5.41) is 11.6. The van der Waals surface area contributed by atoms with Gasteiger partial charge in [0.25, 0.3) is 0 Å². The van der Waals surface area contributed by atoms with Crippen molar-refractivity contribution in [3.8, 4) is 62.3 Å². The number of pyridine rings is 1. The summed E-state index contributed by atoms with van der Waals surface area (Å²) in [5.74, 6) is 0.550. The van der Waals surface area contributed by atoms with Gasteiger partial charge in [-0.05, 0) is 98.8 Å². The van der Waals surface area contributed by atoms with Crippen LogP contribution >= 0.6 is 0 Å². The van der Waals surface area contributed by atoms with Crippen LogP contribution in [0.3, 0.4) is 0 Å². The molecule has 9 aromatic rings. The van der Waals surface area contributed by atoms with Crippen molar-refractivity contribution in [2.75, 3.05) is 0 Å². The summed E-state index contributed by atoms with van der Waals surface area (Å²) in [6.07, 6.45) is 1.90. The second kappa shape index (κ2) is 13.7. The Bertz CT molecular complexity index is 2930. The Morgan fingerprint density at radius 1 is 0.474 bits per heavy atom. The van der Waals surface area contributed by atoms with Gasteiger partial charge in [0.1, 0.15) is 0 Å². The Morgan fingerprint density at radius 3 is 1.88 bits per heavy atom. The number of aromatic nitrogens is 5. The Morgan fingerprint density at radius 2 is 1.14 bits per heavy atom. The van der Waals surface area contributed by atoms with E-state index >= 15 is 0 Å². The average Bonchev–Trinajstić information content (AvgIpc) is 3.77. The molecule has 1 N–H and O–H groups in total. The number of aromatic hydroxyl groups is 1. The average molecular weight is 744 g/mol. The minimum Gasteiger partial charge on any atom is -0.480 e. The van der Waals surface area contributed by atoms with Gasteiger partial charge in [-0.25, -0.2) is 9.55 Å². The number of rotatable bonds is 6. The van der Waals surface area contributed by atoms with E-state index in [4.69, 9.17) is 9.97 Å². The summed E-state index contributed by atoms with van der Waals surface area (Å²) in [4.78, 5) is 14.9. The van der Waals surface area contributed by atoms with Gasteiger partial charge in [-0.3, -0.25) is 9.55 Å². The lowest BCUT2D eigenvalue weighted by Gasteiger charge is -2.23. The first-order valence-corrected chi connectivity index (χ1v) is 19.5. The lowest BCUT2D eigenvalue weighted by atomic mass is 9.83. The molecule has 0 aliphatic carbocycles. The van der Waals surface area contributed by atoms with E-state index in [1.807, 2.05) is 42.6 Å². The molecule has 0 saturated heterocycles. The molecule has 0 atom stereocenters. The van der Waals surface area contributed by atoms with Gasteiger partial charge < -0.3 is 5.11 Å². The Balaban J connectivity index is 1.33. The van der Waals surface area contributed by atoms with E-state index < -0.39 is 0 Å². The van der Waals surface area contributed by atoms with Crippen molar-refractivity contribution in [1.82, 2.24) is 24.1 Å². The largest absolute Gasteiger partial charge is 0.480 e. The maximum Gasteiger partial charge on any atom is 0.302 e. The molecule has 3 heterocycles. The Labute approximate surface area is 333 Å². The maximum absolute atomic E-state index is 11.6. The van der Waals surface area contributed by atoms with Gasteiger partial charge in [0.15, 0.2) is 0 Å². The van der Waals surface area contributed by atoms with E-state index in [0.29, 0.717) is 11.5 Å². The van der Waals surface area contributed by atoms with E-state index in [-0.39, 0.29) is 16.8 Å². The fourth-order valence-corrected chi connectivity index (χ4v) is 7.73. The molecule has 6 heteroatoms. The molecule has 6 aromatic carbocycles. The lowest BCUT2D eigenvalue weighted by Crippen LogP contribution is -2.12. The number of fused-ring (bicyclic) bond motifs is 2. The molecule has 0 aliphatic rings. The fourth-order valence-electron chi connectivity index (χ4n) is 7.73. The van der Waals surface area contributed by atoms with Crippen LogP contribution in [-0.2, 0) is 10.8 Å². The molecule has 0 spiro atoms. The molecular weight excluding hydrogens is 699 g/mol. The van der Waals surface area contributed by atoms with Crippen LogP contribution < -0.4 is 0 Å². The van der Waals surface area contributed by atoms with Crippen LogP contribution in [0.15, 0.2) is 158 Å². The van der Waals surface area contributed by atoms with Crippen molar-refractivity contribution >= 4 is 22.1 Å². The van der Waals surface area contributed by atoms with Crippen LogP contribution in [0.5, 0.6) is 6.01 Å². The molecule has 0 radical (unpaired) electrons. The summed E-state index contributed by atoms with van der Waals surface area (Å²) >= 11 is 0. The Kier molecular flexibility index (Phi) is 8.66. The minimum absolute atomic E-state index is 0.0703. The van der Waals surface area contributed by atoms with Gasteiger partial charge in [0.05, 0.1) is 33.4 Å². The number of para-hydroxylation sites is 3. The van der Waals surface area contributed by atoms with Crippen LogP contribution in [0, 0.1) is 0 Å². The van der Waals surface area contributed by atoms with Crippen molar-refractivity contribution in [2.24, 2.45) is 0 Å². The topological polar surface area (TPSA) is 68.8 Å². The van der Waals surface area contributed by atoms with Crippen molar-refractivity contribution < 1.29 is 5.11 Å². The quantitative estimate of drug-likeness (QED) is 0.184. The van der Waals surface area contributed by atoms with E-state index in [1.165, 1.54) is 11.1 Å². The van der Waals surface area contributed by atoms with Crippen LogP contribution in [0.2, 0.25) is 0 Å². The van der Waals surface area contributed by atoms with Gasteiger partial charge in [-0.15, -0.1) is 0 Å². The van der Waals surface area contributed by atoms with Crippen molar-refractivity contribution in [3.05, 3.63) is 169 Å². The summed E-state index contributed by atoms with van der Waals surface area (Å²) < 4.78 is 3.95. The van der Waals surface area contributed by atoms with E-state index in [0.717, 1.165) is 66.9 Å². The molecule has 57 heavy (non-hydrogen) atoms. The fraction of sp³-hybridized carbons (Fsp3) is 0.157. The second-order valence-electron chi connectivity index (χ2n) is 16.8. The number of hydrogen-bond donors (Lipinski definition) is 1. The first kappa shape index (κ1) is 35.9. The molecule has 0 unspecified atom stereocenters. The predicted molar refractivity (Wildman–Crippen MR) is 234 cm³/mol. The highest BCUT2D eigenvalue weighted by Crippen LogP contribution is 2.41. The number of benzene rings is 6. The van der Waals surface area contributed by atoms with Crippen molar-refractivity contribution in [1.29, 1.82) is 0 Å². The monoisotopic (exact) mass is 743 g/mol. The zero-order valence-electron chi connectivity index (χ0n) is 33.2. The summed E-state index contributed by atoms with van der Waals surface area (Å²) in [7, 11) is 0. The molecular formula is C51H45N5O. The van der Waals surface area contributed by atoms with Gasteiger partial charge in [0.2, 0.25) is 5.95 Å². The molecule has 0 fully saturated rings. The zero-order valence-corrected chi connectivity index (χ0v) is 33.2. The SMILES string of the molecule is CC(C)(C)c1cc(-c2cc(-c3ccccc3)ccn2)cc(-c2cccc3c2nc(-n2c(O)nc4ccccc42)n3-c2ccc(C(C)(C)C)cc2-c2ccccc2)c1. The first-order valence-electron chi connectivity index (χ1n) is 19.5.